The summed E-state index contributed by atoms with van der Waals surface area (Å²) in [6.45, 7) is 0.680. The van der Waals surface area contributed by atoms with Crippen LogP contribution in [-0.4, -0.2) is 32.7 Å². The van der Waals surface area contributed by atoms with Crippen molar-refractivity contribution < 1.29 is 4.79 Å². The molecule has 0 radical (unpaired) electrons. The van der Waals surface area contributed by atoms with Crippen LogP contribution in [0.25, 0.3) is 0 Å². The minimum atomic E-state index is -0.0215. The monoisotopic (exact) mass is 289 g/mol. The van der Waals surface area contributed by atoms with Crippen molar-refractivity contribution in [3.63, 3.8) is 0 Å². The van der Waals surface area contributed by atoms with Gasteiger partial charge in [-0.25, -0.2) is 4.79 Å². The number of carbonyl (C=O) groups is 1. The molecule has 0 aromatic heterocycles. The summed E-state index contributed by atoms with van der Waals surface area (Å²) in [5, 5.41) is 6.03. The molecule has 116 valence electrons. The van der Waals surface area contributed by atoms with Gasteiger partial charge in [-0.05, 0) is 37.0 Å². The van der Waals surface area contributed by atoms with E-state index in [1.807, 2.05) is 14.1 Å². The molecule has 0 spiro atoms. The third kappa shape index (κ3) is 5.29. The molecule has 2 rings (SSSR count). The Hall–Kier alpha value is -1.71. The Kier molecular flexibility index (Phi) is 5.90. The Morgan fingerprint density at radius 1 is 1.14 bits per heavy atom. The highest BCUT2D eigenvalue weighted by Crippen LogP contribution is 2.17. The first-order valence-corrected chi connectivity index (χ1v) is 7.96. The van der Waals surface area contributed by atoms with Crippen molar-refractivity contribution >= 4 is 11.7 Å². The van der Waals surface area contributed by atoms with Gasteiger partial charge in [-0.3, -0.25) is 0 Å². The fourth-order valence-corrected chi connectivity index (χ4v) is 2.76. The van der Waals surface area contributed by atoms with Crippen LogP contribution < -0.4 is 15.5 Å². The minimum absolute atomic E-state index is 0.0215. The summed E-state index contributed by atoms with van der Waals surface area (Å²) >= 11 is 0. The molecule has 1 fully saturated rings. The smallest absolute Gasteiger partial charge is 0.315 e. The van der Waals surface area contributed by atoms with E-state index in [4.69, 9.17) is 0 Å². The van der Waals surface area contributed by atoms with Crippen LogP contribution in [0, 0.1) is 0 Å². The fourth-order valence-electron chi connectivity index (χ4n) is 2.76. The molecule has 2 amide bonds. The molecule has 2 N–H and O–H groups in total. The van der Waals surface area contributed by atoms with Crippen molar-refractivity contribution in [3.05, 3.63) is 29.8 Å². The van der Waals surface area contributed by atoms with Gasteiger partial charge in [0.1, 0.15) is 0 Å². The number of hydrogen-bond donors (Lipinski definition) is 2. The topological polar surface area (TPSA) is 44.4 Å². The van der Waals surface area contributed by atoms with Gasteiger partial charge < -0.3 is 15.5 Å². The quantitative estimate of drug-likeness (QED) is 0.875. The number of hydrogen-bond acceptors (Lipinski definition) is 2. The lowest BCUT2D eigenvalue weighted by Crippen LogP contribution is -2.43. The lowest BCUT2D eigenvalue weighted by Gasteiger charge is -2.22. The van der Waals surface area contributed by atoms with Crippen LogP contribution in [0.2, 0.25) is 0 Å². The molecule has 0 aliphatic heterocycles. The zero-order valence-electron chi connectivity index (χ0n) is 13.2. The molecule has 0 heterocycles. The first kappa shape index (κ1) is 15.7. The highest BCUT2D eigenvalue weighted by Gasteiger charge is 2.14. The van der Waals surface area contributed by atoms with Gasteiger partial charge in [0.25, 0.3) is 0 Å². The molecule has 1 aliphatic carbocycles. The van der Waals surface area contributed by atoms with E-state index in [0.717, 1.165) is 19.3 Å². The van der Waals surface area contributed by atoms with Crippen molar-refractivity contribution in [3.8, 4) is 0 Å². The number of rotatable bonds is 5. The van der Waals surface area contributed by atoms with Crippen molar-refractivity contribution in [2.75, 3.05) is 25.5 Å². The van der Waals surface area contributed by atoms with Crippen molar-refractivity contribution in [1.82, 2.24) is 10.6 Å². The van der Waals surface area contributed by atoms with Crippen LogP contribution >= 0.6 is 0 Å². The lowest BCUT2D eigenvalue weighted by molar-refractivity contribution is 0.233. The van der Waals surface area contributed by atoms with E-state index < -0.39 is 0 Å². The molecule has 0 bridgehead atoms. The zero-order chi connectivity index (χ0) is 15.1. The maximum atomic E-state index is 11.8. The number of amides is 2. The van der Waals surface area contributed by atoms with Gasteiger partial charge in [0, 0.05) is 32.4 Å². The van der Waals surface area contributed by atoms with Crippen LogP contribution in [-0.2, 0) is 6.42 Å². The van der Waals surface area contributed by atoms with E-state index in [9.17, 15) is 4.79 Å². The molecule has 4 nitrogen and oxygen atoms in total. The first-order chi connectivity index (χ1) is 10.1. The summed E-state index contributed by atoms with van der Waals surface area (Å²) in [5.74, 6) is 0. The predicted octanol–water partition coefficient (Wildman–Crippen LogP) is 2.93. The second-order valence-electron chi connectivity index (χ2n) is 6.05. The van der Waals surface area contributed by atoms with Gasteiger partial charge in [-0.15, -0.1) is 0 Å². The Balaban J connectivity index is 1.67. The van der Waals surface area contributed by atoms with Gasteiger partial charge in [0.05, 0.1) is 0 Å². The van der Waals surface area contributed by atoms with Crippen LogP contribution in [0.3, 0.4) is 0 Å². The van der Waals surface area contributed by atoms with Crippen LogP contribution in [0.4, 0.5) is 10.5 Å². The molecular weight excluding hydrogens is 262 g/mol. The maximum absolute atomic E-state index is 11.8. The van der Waals surface area contributed by atoms with Gasteiger partial charge in [0.15, 0.2) is 0 Å². The summed E-state index contributed by atoms with van der Waals surface area (Å²) in [4.78, 5) is 13.9. The summed E-state index contributed by atoms with van der Waals surface area (Å²) < 4.78 is 0. The average Bonchev–Trinajstić information content (AvgIpc) is 2.49. The normalized spacial score (nSPS) is 15.5. The Labute approximate surface area is 127 Å². The molecule has 1 aromatic carbocycles. The van der Waals surface area contributed by atoms with Crippen LogP contribution in [0.15, 0.2) is 24.3 Å². The molecule has 1 aromatic rings. The summed E-state index contributed by atoms with van der Waals surface area (Å²) in [6, 6.07) is 8.81. The standard InChI is InChI=1S/C17H27N3O/c1-20(2)16-10-8-14(9-11-16)12-13-18-17(21)19-15-6-4-3-5-7-15/h8-11,15H,3-7,12-13H2,1-2H3,(H2,18,19,21). The van der Waals surface area contributed by atoms with E-state index in [1.54, 1.807) is 0 Å². The molecule has 4 heteroatoms. The Bertz CT molecular complexity index is 436. The van der Waals surface area contributed by atoms with E-state index >= 15 is 0 Å². The SMILES string of the molecule is CN(C)c1ccc(CCNC(=O)NC2CCCCC2)cc1. The number of nitrogens with one attached hydrogen (secondary N) is 2. The molecule has 0 unspecified atom stereocenters. The zero-order valence-corrected chi connectivity index (χ0v) is 13.2. The summed E-state index contributed by atoms with van der Waals surface area (Å²) in [5.41, 5.74) is 2.44. The fraction of sp³-hybridized carbons (Fsp3) is 0.588. The third-order valence-electron chi connectivity index (χ3n) is 4.09. The highest BCUT2D eigenvalue weighted by molar-refractivity contribution is 5.74. The van der Waals surface area contributed by atoms with Gasteiger partial charge in [0.2, 0.25) is 0 Å². The predicted molar refractivity (Wildman–Crippen MR) is 87.9 cm³/mol. The maximum Gasteiger partial charge on any atom is 0.315 e. The minimum Gasteiger partial charge on any atom is -0.378 e. The Morgan fingerprint density at radius 2 is 1.81 bits per heavy atom. The molecule has 1 aliphatic rings. The van der Waals surface area contributed by atoms with Crippen LogP contribution in [0.5, 0.6) is 0 Å². The molecule has 0 saturated heterocycles. The highest BCUT2D eigenvalue weighted by atomic mass is 16.2. The van der Waals surface area contributed by atoms with E-state index in [1.165, 1.54) is 30.5 Å². The average molecular weight is 289 g/mol. The number of benzene rings is 1. The first-order valence-electron chi connectivity index (χ1n) is 7.96. The largest absolute Gasteiger partial charge is 0.378 e. The van der Waals surface area contributed by atoms with Crippen molar-refractivity contribution in [2.45, 2.75) is 44.6 Å². The second-order valence-corrected chi connectivity index (χ2v) is 6.05. The van der Waals surface area contributed by atoms with Gasteiger partial charge in [-0.1, -0.05) is 31.4 Å². The Morgan fingerprint density at radius 3 is 2.43 bits per heavy atom. The molecule has 0 atom stereocenters. The number of carbonyl (C=O) groups excluding carboxylic acids is 1. The molecule has 21 heavy (non-hydrogen) atoms. The van der Waals surface area contributed by atoms with E-state index in [2.05, 4.69) is 39.8 Å². The lowest BCUT2D eigenvalue weighted by atomic mass is 9.96. The second kappa shape index (κ2) is 7.91. The van der Waals surface area contributed by atoms with E-state index in [-0.39, 0.29) is 6.03 Å². The van der Waals surface area contributed by atoms with Gasteiger partial charge >= 0.3 is 6.03 Å². The number of anilines is 1. The van der Waals surface area contributed by atoms with Crippen molar-refractivity contribution in [2.24, 2.45) is 0 Å². The van der Waals surface area contributed by atoms with Gasteiger partial charge in [-0.2, -0.15) is 0 Å². The number of nitrogens with zero attached hydrogens (tertiary/aromatic N) is 1. The van der Waals surface area contributed by atoms with Crippen molar-refractivity contribution in [1.29, 1.82) is 0 Å². The van der Waals surface area contributed by atoms with Crippen LogP contribution in [0.1, 0.15) is 37.7 Å². The summed E-state index contributed by atoms with van der Waals surface area (Å²) in [7, 11) is 4.07. The molecule has 1 saturated carbocycles. The third-order valence-corrected chi connectivity index (χ3v) is 4.09. The molecular formula is C17H27N3O. The number of urea groups is 1. The van der Waals surface area contributed by atoms with E-state index in [0.29, 0.717) is 12.6 Å². The summed E-state index contributed by atoms with van der Waals surface area (Å²) in [6.07, 6.45) is 6.90.